The summed E-state index contributed by atoms with van der Waals surface area (Å²) in [5.74, 6) is 0.101. The van der Waals surface area contributed by atoms with Crippen molar-refractivity contribution in [1.29, 1.82) is 0 Å². The summed E-state index contributed by atoms with van der Waals surface area (Å²) in [4.78, 5) is 0. The molecule has 0 aliphatic heterocycles. The van der Waals surface area contributed by atoms with Crippen molar-refractivity contribution in [3.8, 4) is 5.75 Å². The van der Waals surface area contributed by atoms with Crippen molar-refractivity contribution in [1.82, 2.24) is 0 Å². The van der Waals surface area contributed by atoms with Crippen molar-refractivity contribution in [2.45, 2.75) is 50.8 Å². The lowest BCUT2D eigenvalue weighted by atomic mass is 9.79. The zero-order chi connectivity index (χ0) is 14.3. The Labute approximate surface area is 109 Å². The molecule has 5 heteroatoms. The molecular weight excluding hydrogens is 257 g/mol. The molecule has 0 saturated carbocycles. The molecule has 0 heterocycles. The van der Waals surface area contributed by atoms with E-state index in [2.05, 4.69) is 0 Å². The zero-order valence-corrected chi connectivity index (χ0v) is 10.7. The van der Waals surface area contributed by atoms with E-state index in [-0.39, 0.29) is 12.2 Å². The van der Waals surface area contributed by atoms with Gasteiger partial charge in [-0.25, -0.2) is 0 Å². The quantitative estimate of drug-likeness (QED) is 0.870. The van der Waals surface area contributed by atoms with Crippen molar-refractivity contribution < 1.29 is 23.4 Å². The lowest BCUT2D eigenvalue weighted by Gasteiger charge is -2.35. The number of aliphatic hydroxyl groups is 1. The second kappa shape index (κ2) is 4.71. The molecule has 1 aromatic rings. The van der Waals surface area contributed by atoms with Gasteiger partial charge in [-0.3, -0.25) is 0 Å². The van der Waals surface area contributed by atoms with Crippen molar-refractivity contribution in [3.05, 3.63) is 28.8 Å². The molecule has 1 aromatic carbocycles. The predicted octanol–water partition coefficient (Wildman–Crippen LogP) is 3.13. The van der Waals surface area contributed by atoms with E-state index in [1.807, 2.05) is 6.92 Å². The first-order valence-electron chi connectivity index (χ1n) is 6.40. The zero-order valence-electron chi connectivity index (χ0n) is 10.7. The van der Waals surface area contributed by atoms with Crippen molar-refractivity contribution in [2.24, 2.45) is 0 Å². The van der Waals surface area contributed by atoms with Gasteiger partial charge in [0.2, 0.25) is 0 Å². The van der Waals surface area contributed by atoms with E-state index in [0.29, 0.717) is 17.5 Å². The Kier molecular flexibility index (Phi) is 3.51. The van der Waals surface area contributed by atoms with Crippen molar-refractivity contribution in [2.75, 3.05) is 0 Å². The van der Waals surface area contributed by atoms with Gasteiger partial charge in [-0.15, -0.1) is 0 Å². The number of alkyl halides is 3. The first-order chi connectivity index (χ1) is 8.78. The summed E-state index contributed by atoms with van der Waals surface area (Å²) < 4.78 is 38.4. The molecule has 0 amide bonds. The number of phenols is 1. The van der Waals surface area contributed by atoms with Crippen LogP contribution in [0.5, 0.6) is 5.75 Å². The highest BCUT2D eigenvalue weighted by atomic mass is 19.4. The van der Waals surface area contributed by atoms with E-state index < -0.39 is 24.6 Å². The Morgan fingerprint density at radius 2 is 2.00 bits per heavy atom. The maximum Gasteiger partial charge on any atom is 0.417 e. The Morgan fingerprint density at radius 1 is 1.32 bits per heavy atom. The number of fused-ring (bicyclic) bond motifs is 1. The second-order valence-corrected chi connectivity index (χ2v) is 5.17. The summed E-state index contributed by atoms with van der Waals surface area (Å²) in [7, 11) is 0. The van der Waals surface area contributed by atoms with E-state index in [1.54, 1.807) is 12.1 Å². The van der Waals surface area contributed by atoms with Crippen LogP contribution in [0, 0.1) is 0 Å². The molecule has 0 bridgehead atoms. The Morgan fingerprint density at radius 3 is 2.58 bits per heavy atom. The maximum absolute atomic E-state index is 12.8. The normalized spacial score (nSPS) is 23.2. The smallest absolute Gasteiger partial charge is 0.417 e. The average Bonchev–Trinajstić information content (AvgIpc) is 2.31. The molecule has 1 aliphatic rings. The molecule has 0 saturated heterocycles. The van der Waals surface area contributed by atoms with E-state index in [4.69, 9.17) is 0 Å². The number of hydrogen-bond acceptors (Lipinski definition) is 2. The minimum atomic E-state index is -4.64. The van der Waals surface area contributed by atoms with Crippen LogP contribution in [-0.4, -0.2) is 22.0 Å². The molecule has 1 unspecified atom stereocenters. The first-order valence-corrected chi connectivity index (χ1v) is 6.40. The van der Waals surface area contributed by atoms with Crippen LogP contribution < -0.4 is 0 Å². The third kappa shape index (κ3) is 2.43. The monoisotopic (exact) mass is 274 g/mol. The van der Waals surface area contributed by atoms with Gasteiger partial charge >= 0.3 is 6.18 Å². The van der Waals surface area contributed by atoms with E-state index in [0.717, 1.165) is 12.0 Å². The van der Waals surface area contributed by atoms with Crippen LogP contribution in [0.25, 0.3) is 0 Å². The van der Waals surface area contributed by atoms with Gasteiger partial charge < -0.3 is 10.2 Å². The summed E-state index contributed by atoms with van der Waals surface area (Å²) in [6.45, 7) is 1.97. The van der Waals surface area contributed by atoms with Gasteiger partial charge in [0.15, 0.2) is 5.60 Å². The average molecular weight is 274 g/mol. The number of benzene rings is 1. The number of aryl methyl sites for hydroxylation is 1. The van der Waals surface area contributed by atoms with Crippen LogP contribution >= 0.6 is 0 Å². The summed E-state index contributed by atoms with van der Waals surface area (Å²) in [6, 6.07) is 3.25. The molecule has 2 rings (SSSR count). The topological polar surface area (TPSA) is 40.5 Å². The van der Waals surface area contributed by atoms with Crippen LogP contribution in [0.15, 0.2) is 12.1 Å². The van der Waals surface area contributed by atoms with E-state index in [9.17, 15) is 23.4 Å². The Balaban J connectivity index is 2.36. The number of phenolic OH excluding ortho intramolecular Hbond substituents is 1. The van der Waals surface area contributed by atoms with Gasteiger partial charge in [-0.05, 0) is 36.0 Å². The first kappa shape index (κ1) is 14.2. The number of hydrogen-bond donors (Lipinski definition) is 2. The molecular formula is C14H17F3O2. The lowest BCUT2D eigenvalue weighted by Crippen LogP contribution is -2.49. The molecule has 0 radical (unpaired) electrons. The molecule has 19 heavy (non-hydrogen) atoms. The van der Waals surface area contributed by atoms with Gasteiger partial charge in [-0.1, -0.05) is 25.5 Å². The molecule has 106 valence electrons. The third-order valence-electron chi connectivity index (χ3n) is 3.78. The lowest BCUT2D eigenvalue weighted by molar-refractivity contribution is -0.263. The predicted molar refractivity (Wildman–Crippen MR) is 65.1 cm³/mol. The van der Waals surface area contributed by atoms with E-state index >= 15 is 0 Å². The molecule has 1 aliphatic carbocycles. The van der Waals surface area contributed by atoms with Crippen LogP contribution in [0.2, 0.25) is 0 Å². The molecule has 0 fully saturated rings. The van der Waals surface area contributed by atoms with Crippen LogP contribution in [0.1, 0.15) is 36.5 Å². The van der Waals surface area contributed by atoms with Crippen molar-refractivity contribution in [3.63, 3.8) is 0 Å². The van der Waals surface area contributed by atoms with Crippen LogP contribution in [0.3, 0.4) is 0 Å². The van der Waals surface area contributed by atoms with Crippen LogP contribution in [0.4, 0.5) is 13.2 Å². The highest BCUT2D eigenvalue weighted by molar-refractivity contribution is 5.48. The Hall–Kier alpha value is -1.23. The SMILES string of the molecule is CCCc1ccc2c(c1O)CCC(O)(C(F)(F)F)C2. The fraction of sp³-hybridized carbons (Fsp3) is 0.571. The highest BCUT2D eigenvalue weighted by Crippen LogP contribution is 2.43. The standard InChI is InChI=1S/C14H17F3O2/c1-2-3-9-4-5-10-8-13(19,14(15,16)17)7-6-11(10)12(9)18/h4-5,18-19H,2-3,6-8H2,1H3. The number of halogens is 3. The van der Waals surface area contributed by atoms with Gasteiger partial charge in [0.1, 0.15) is 5.75 Å². The molecule has 1 atom stereocenters. The number of rotatable bonds is 2. The fourth-order valence-electron chi connectivity index (χ4n) is 2.62. The van der Waals surface area contributed by atoms with Crippen LogP contribution in [-0.2, 0) is 19.3 Å². The van der Waals surface area contributed by atoms with Gasteiger partial charge in [0.25, 0.3) is 0 Å². The van der Waals surface area contributed by atoms with Gasteiger partial charge in [-0.2, -0.15) is 13.2 Å². The maximum atomic E-state index is 12.8. The van der Waals surface area contributed by atoms with Crippen molar-refractivity contribution >= 4 is 0 Å². The third-order valence-corrected chi connectivity index (χ3v) is 3.78. The van der Waals surface area contributed by atoms with Gasteiger partial charge in [0, 0.05) is 6.42 Å². The molecule has 0 spiro atoms. The minimum absolute atomic E-state index is 0.0503. The largest absolute Gasteiger partial charge is 0.507 e. The summed E-state index contributed by atoms with van der Waals surface area (Å²) in [5, 5.41) is 19.8. The summed E-state index contributed by atoms with van der Waals surface area (Å²) >= 11 is 0. The fourth-order valence-corrected chi connectivity index (χ4v) is 2.62. The minimum Gasteiger partial charge on any atom is -0.507 e. The second-order valence-electron chi connectivity index (χ2n) is 5.17. The Bertz CT molecular complexity index is 482. The highest BCUT2D eigenvalue weighted by Gasteiger charge is 2.54. The molecule has 2 nitrogen and oxygen atoms in total. The molecule has 2 N–H and O–H groups in total. The van der Waals surface area contributed by atoms with Gasteiger partial charge in [0.05, 0.1) is 0 Å². The number of aromatic hydroxyl groups is 1. The molecule has 0 aromatic heterocycles. The van der Waals surface area contributed by atoms with E-state index in [1.165, 1.54) is 0 Å². The summed E-state index contributed by atoms with van der Waals surface area (Å²) in [5.41, 5.74) is -0.958. The summed E-state index contributed by atoms with van der Waals surface area (Å²) in [6.07, 6.45) is -3.91.